The van der Waals surface area contributed by atoms with Gasteiger partial charge in [-0.15, -0.1) is 0 Å². The fraction of sp³-hybridized carbons (Fsp3) is 0.143. The maximum Gasteiger partial charge on any atom is 0.339 e. The number of carbonyl (C=O) groups is 1. The zero-order chi connectivity index (χ0) is 20.4. The Balaban J connectivity index is 2.01. The number of rotatable bonds is 4. The van der Waals surface area contributed by atoms with Crippen molar-refractivity contribution in [2.45, 2.75) is 13.8 Å². The molecule has 28 heavy (non-hydrogen) atoms. The van der Waals surface area contributed by atoms with Crippen molar-refractivity contribution >= 4 is 61.3 Å². The summed E-state index contributed by atoms with van der Waals surface area (Å²) in [6.07, 6.45) is 1.78. The van der Waals surface area contributed by atoms with E-state index in [2.05, 4.69) is 53.6 Å². The van der Waals surface area contributed by atoms with E-state index in [1.54, 1.807) is 24.4 Å². The van der Waals surface area contributed by atoms with Crippen molar-refractivity contribution in [3.05, 3.63) is 78.9 Å². The van der Waals surface area contributed by atoms with Crippen molar-refractivity contribution in [3.8, 4) is 5.69 Å². The van der Waals surface area contributed by atoms with Crippen LogP contribution in [0.15, 0.2) is 56.4 Å². The van der Waals surface area contributed by atoms with E-state index in [4.69, 9.17) is 16.3 Å². The molecule has 0 fully saturated rings. The molecule has 7 heteroatoms. The Bertz CT molecular complexity index is 1070. The topological polar surface area (TPSA) is 43.6 Å². The van der Waals surface area contributed by atoms with Crippen molar-refractivity contribution < 1.29 is 9.53 Å². The van der Waals surface area contributed by atoms with Crippen LogP contribution in [0.1, 0.15) is 27.3 Å². The second-order valence-corrected chi connectivity index (χ2v) is 8.24. The molecule has 1 heterocycles. The van der Waals surface area contributed by atoms with Crippen LogP contribution in [0.3, 0.4) is 0 Å². The molecule has 0 aliphatic carbocycles. The molecule has 0 aliphatic heterocycles. The molecule has 3 aromatic rings. The molecule has 0 spiro atoms. The molecular weight excluding hydrogens is 508 g/mol. The second kappa shape index (κ2) is 8.64. The number of hydrogen-bond donors (Lipinski definition) is 0. The number of hydrogen-bond acceptors (Lipinski definition) is 3. The molecule has 0 unspecified atom stereocenters. The van der Waals surface area contributed by atoms with Crippen LogP contribution < -0.4 is 0 Å². The average Bonchev–Trinajstić information content (AvgIpc) is 2.90. The number of benzene rings is 2. The summed E-state index contributed by atoms with van der Waals surface area (Å²) in [4.78, 5) is 16.4. The summed E-state index contributed by atoms with van der Waals surface area (Å²) < 4.78 is 8.93. The lowest BCUT2D eigenvalue weighted by molar-refractivity contribution is 0.0601. The first kappa shape index (κ1) is 20.8. The highest BCUT2D eigenvalue weighted by atomic mass is 79.9. The van der Waals surface area contributed by atoms with E-state index in [9.17, 15) is 4.79 Å². The highest BCUT2D eigenvalue weighted by Crippen LogP contribution is 2.31. The summed E-state index contributed by atoms with van der Waals surface area (Å²) in [7, 11) is 1.32. The maximum atomic E-state index is 11.8. The molecule has 0 saturated heterocycles. The predicted octanol–water partition coefficient (Wildman–Crippen LogP) is 6.81. The minimum atomic E-state index is -0.489. The number of methoxy groups -OCH3 is 1. The summed E-state index contributed by atoms with van der Waals surface area (Å²) >= 11 is 13.2. The van der Waals surface area contributed by atoms with E-state index in [-0.39, 0.29) is 0 Å². The molecule has 0 saturated carbocycles. The number of esters is 1. The maximum absolute atomic E-state index is 11.8. The van der Waals surface area contributed by atoms with Gasteiger partial charge in [-0.1, -0.05) is 27.5 Å². The zero-order valence-corrected chi connectivity index (χ0v) is 19.4. The Labute approximate surface area is 185 Å². The molecule has 2 aromatic carbocycles. The van der Waals surface area contributed by atoms with E-state index in [1.807, 2.05) is 26.0 Å². The largest absolute Gasteiger partial charge is 0.465 e. The van der Waals surface area contributed by atoms with Crippen LogP contribution in [0, 0.1) is 13.8 Å². The Kier molecular flexibility index (Phi) is 6.43. The van der Waals surface area contributed by atoms with Crippen molar-refractivity contribution in [2.24, 2.45) is 4.99 Å². The lowest BCUT2D eigenvalue weighted by Gasteiger charge is -2.09. The molecule has 4 nitrogen and oxygen atoms in total. The summed E-state index contributed by atoms with van der Waals surface area (Å²) in [5.41, 5.74) is 5.07. The molecule has 0 aliphatic rings. The van der Waals surface area contributed by atoms with E-state index in [0.29, 0.717) is 16.3 Å². The summed E-state index contributed by atoms with van der Waals surface area (Å²) in [6, 6.07) is 13.1. The van der Waals surface area contributed by atoms with E-state index in [0.717, 1.165) is 31.6 Å². The number of carbonyl (C=O) groups excluding carboxylic acids is 1. The smallest absolute Gasteiger partial charge is 0.339 e. The van der Waals surface area contributed by atoms with Crippen LogP contribution in [-0.2, 0) is 4.74 Å². The molecule has 0 N–H and O–H groups in total. The number of nitrogens with zero attached hydrogens (tertiary/aromatic N) is 2. The van der Waals surface area contributed by atoms with Crippen LogP contribution >= 0.6 is 43.5 Å². The van der Waals surface area contributed by atoms with Gasteiger partial charge in [0.15, 0.2) is 0 Å². The Morgan fingerprint density at radius 1 is 1.11 bits per heavy atom. The average molecular weight is 525 g/mol. The summed E-state index contributed by atoms with van der Waals surface area (Å²) in [6.45, 7) is 4.09. The van der Waals surface area contributed by atoms with Gasteiger partial charge in [0.25, 0.3) is 0 Å². The van der Waals surface area contributed by atoms with Gasteiger partial charge in [-0.05, 0) is 72.2 Å². The van der Waals surface area contributed by atoms with E-state index < -0.39 is 5.97 Å². The van der Waals surface area contributed by atoms with Crippen LogP contribution in [0.4, 0.5) is 5.69 Å². The van der Waals surface area contributed by atoms with E-state index >= 15 is 0 Å². The van der Waals surface area contributed by atoms with Crippen molar-refractivity contribution in [2.75, 3.05) is 7.11 Å². The Hall–Kier alpha value is -1.89. The first-order chi connectivity index (χ1) is 13.3. The summed E-state index contributed by atoms with van der Waals surface area (Å²) in [5.74, 6) is -0.489. The molecule has 1 aromatic heterocycles. The number of aliphatic imine (C=N–C) groups is 1. The second-order valence-electron chi connectivity index (χ2n) is 6.12. The van der Waals surface area contributed by atoms with Gasteiger partial charge in [0.2, 0.25) is 0 Å². The minimum Gasteiger partial charge on any atom is -0.465 e. The normalized spacial score (nSPS) is 11.2. The zero-order valence-electron chi connectivity index (χ0n) is 15.5. The van der Waals surface area contributed by atoms with Gasteiger partial charge >= 0.3 is 5.97 Å². The van der Waals surface area contributed by atoms with Crippen molar-refractivity contribution in [1.82, 2.24) is 4.57 Å². The fourth-order valence-corrected chi connectivity index (χ4v) is 3.98. The SMILES string of the molecule is COC(=O)c1cc(N=Cc2c(Br)c(C)n(-c3ccc(Br)cc3)c2C)ccc1Cl. The summed E-state index contributed by atoms with van der Waals surface area (Å²) in [5, 5.41) is 0.334. The van der Waals surface area contributed by atoms with Crippen molar-refractivity contribution in [3.63, 3.8) is 0 Å². The van der Waals surface area contributed by atoms with Crippen LogP contribution in [0.25, 0.3) is 5.69 Å². The molecule has 0 amide bonds. The Morgan fingerprint density at radius 2 is 1.79 bits per heavy atom. The molecule has 0 radical (unpaired) electrons. The third kappa shape index (κ3) is 4.09. The van der Waals surface area contributed by atoms with Gasteiger partial charge in [-0.2, -0.15) is 0 Å². The van der Waals surface area contributed by atoms with E-state index in [1.165, 1.54) is 7.11 Å². The minimum absolute atomic E-state index is 0.290. The lowest BCUT2D eigenvalue weighted by atomic mass is 10.2. The van der Waals surface area contributed by atoms with Gasteiger partial charge in [0.05, 0.1) is 23.4 Å². The van der Waals surface area contributed by atoms with Crippen LogP contribution in [0.5, 0.6) is 0 Å². The van der Waals surface area contributed by atoms with Gasteiger partial charge in [-0.25, -0.2) is 4.79 Å². The molecular formula is C21H17Br2ClN2O2. The lowest BCUT2D eigenvalue weighted by Crippen LogP contribution is -2.01. The standard InChI is InChI=1S/C21H17Br2ClN2O2/c1-12-18(11-25-15-6-9-19(24)17(10-15)21(27)28-3)20(23)13(2)26(12)16-7-4-14(22)5-8-16/h4-11H,1-3H3. The van der Waals surface area contributed by atoms with Crippen LogP contribution in [0.2, 0.25) is 5.02 Å². The molecule has 0 bridgehead atoms. The molecule has 144 valence electrons. The number of aromatic nitrogens is 1. The quantitative estimate of drug-likeness (QED) is 0.278. The van der Waals surface area contributed by atoms with Gasteiger partial charge < -0.3 is 9.30 Å². The van der Waals surface area contributed by atoms with Gasteiger partial charge in [0, 0.05) is 37.8 Å². The highest BCUT2D eigenvalue weighted by molar-refractivity contribution is 9.10. The van der Waals surface area contributed by atoms with Crippen molar-refractivity contribution in [1.29, 1.82) is 0 Å². The first-order valence-corrected chi connectivity index (χ1v) is 10.3. The third-order valence-corrected chi connectivity index (χ3v) is 6.26. The predicted molar refractivity (Wildman–Crippen MR) is 121 cm³/mol. The third-order valence-electron chi connectivity index (χ3n) is 4.40. The molecule has 3 rings (SSSR count). The Morgan fingerprint density at radius 3 is 2.43 bits per heavy atom. The van der Waals surface area contributed by atoms with Crippen LogP contribution in [-0.4, -0.2) is 23.9 Å². The van der Waals surface area contributed by atoms with Gasteiger partial charge in [-0.3, -0.25) is 4.99 Å². The first-order valence-electron chi connectivity index (χ1n) is 8.38. The number of halogens is 3. The van der Waals surface area contributed by atoms with Gasteiger partial charge in [0.1, 0.15) is 0 Å². The monoisotopic (exact) mass is 522 g/mol. The molecule has 0 atom stereocenters. The highest BCUT2D eigenvalue weighted by Gasteiger charge is 2.16. The number of ether oxygens (including phenoxy) is 1. The fourth-order valence-electron chi connectivity index (χ4n) is 2.95.